The Balaban J connectivity index is 3.23. The molecule has 201 valence electrons. The number of phosphoric ester groups is 1. The van der Waals surface area contributed by atoms with E-state index in [0.717, 1.165) is 18.2 Å². The van der Waals surface area contributed by atoms with E-state index in [1.54, 1.807) is 0 Å². The van der Waals surface area contributed by atoms with Gasteiger partial charge in [0.2, 0.25) is 0 Å². The molecule has 0 saturated heterocycles. The molecule has 0 aliphatic heterocycles. The van der Waals surface area contributed by atoms with Gasteiger partial charge < -0.3 is 0 Å². The van der Waals surface area contributed by atoms with E-state index in [0.29, 0.717) is 13.2 Å². The summed E-state index contributed by atoms with van der Waals surface area (Å²) in [7, 11) is -4.21. The van der Waals surface area contributed by atoms with Crippen LogP contribution in [-0.4, -0.2) is 53.2 Å². The van der Waals surface area contributed by atoms with Crippen LogP contribution in [0.3, 0.4) is 0 Å². The number of phosphoric acid groups is 1. The van der Waals surface area contributed by atoms with Crippen molar-refractivity contribution in [2.75, 3.05) is 39.6 Å². The predicted octanol–water partition coefficient (Wildman–Crippen LogP) is 7.34. The summed E-state index contributed by atoms with van der Waals surface area (Å²) < 4.78 is 32.3. The van der Waals surface area contributed by atoms with Gasteiger partial charge in [-0.15, -0.1) is 0 Å². The maximum absolute atomic E-state index is 11.6. The van der Waals surface area contributed by atoms with Gasteiger partial charge in [-0.05, 0) is 6.42 Å². The number of hydrogen-bond acceptors (Lipinski definition) is 6. The molecule has 0 spiro atoms. The average Bonchev–Trinajstić information content (AvgIpc) is 2.73. The fraction of sp³-hybridized carbons (Fsp3) is 1.00. The van der Waals surface area contributed by atoms with Crippen molar-refractivity contribution < 1.29 is 28.0 Å². The maximum atomic E-state index is 11.6. The van der Waals surface area contributed by atoms with Gasteiger partial charge in [0.15, 0.2) is 0 Å². The Morgan fingerprint density at radius 3 is 1.45 bits per heavy atom. The quantitative estimate of drug-likeness (QED) is 0.0630. The molecule has 0 saturated carbocycles. The predicted molar refractivity (Wildman–Crippen MR) is 140 cm³/mol. The van der Waals surface area contributed by atoms with E-state index < -0.39 is 21.4 Å². The van der Waals surface area contributed by atoms with Crippen LogP contribution in [0.25, 0.3) is 0 Å². The molecule has 0 heterocycles. The van der Waals surface area contributed by atoms with Crippen LogP contribution in [0.15, 0.2) is 0 Å². The van der Waals surface area contributed by atoms with Gasteiger partial charge in [-0.25, -0.2) is 0 Å². The third-order valence-corrected chi connectivity index (χ3v) is 9.70. The second-order valence-corrected chi connectivity index (χ2v) is 21.9. The van der Waals surface area contributed by atoms with Crippen LogP contribution in [0.2, 0.25) is 22.3 Å². The SMILES string of the molecule is CCCCCCCCCCCCCCCCOCCOCCOP(=O)([O-])OCC[As](C)(C)C. The molecule has 1 atom stereocenters. The van der Waals surface area contributed by atoms with Crippen molar-refractivity contribution in [3.05, 3.63) is 0 Å². The van der Waals surface area contributed by atoms with Crippen LogP contribution < -0.4 is 4.89 Å². The first-order valence-corrected chi connectivity index (χ1v) is 21.7. The Bertz CT molecular complexity index is 459. The second-order valence-electron chi connectivity index (χ2n) is 9.95. The molecule has 0 N–H and O–H groups in total. The molecular formula is C25H54AsO6P-. The summed E-state index contributed by atoms with van der Waals surface area (Å²) in [5.41, 5.74) is 6.61. The molecule has 0 aliphatic rings. The molecule has 0 aromatic heterocycles. The first-order chi connectivity index (χ1) is 15.8. The van der Waals surface area contributed by atoms with Crippen LogP contribution in [0.5, 0.6) is 0 Å². The van der Waals surface area contributed by atoms with Gasteiger partial charge >= 0.3 is 111 Å². The molecule has 0 fully saturated rings. The van der Waals surface area contributed by atoms with Gasteiger partial charge in [-0.3, -0.25) is 0 Å². The number of hydrogen-bond donors (Lipinski definition) is 0. The van der Waals surface area contributed by atoms with Gasteiger partial charge in [0.1, 0.15) is 0 Å². The minimum atomic E-state index is -4.21. The molecule has 0 aliphatic carbocycles. The average molecular weight is 557 g/mol. The van der Waals surface area contributed by atoms with Crippen molar-refractivity contribution in [3.63, 3.8) is 0 Å². The molecule has 0 amide bonds. The zero-order valence-electron chi connectivity index (χ0n) is 22.2. The minimum absolute atomic E-state index is 0.0185. The molecule has 1 unspecified atom stereocenters. The molecule has 8 heteroatoms. The van der Waals surface area contributed by atoms with Crippen molar-refractivity contribution >= 4 is 21.4 Å². The monoisotopic (exact) mass is 556 g/mol. The first-order valence-electron chi connectivity index (χ1n) is 13.3. The summed E-state index contributed by atoms with van der Waals surface area (Å²) in [6.07, 6.45) is 19.0. The fourth-order valence-electron chi connectivity index (χ4n) is 3.39. The summed E-state index contributed by atoms with van der Waals surface area (Å²) >= 11 is -1.64. The Hall–Kier alpha value is 0.588. The van der Waals surface area contributed by atoms with Gasteiger partial charge in [0.25, 0.3) is 0 Å². The van der Waals surface area contributed by atoms with Gasteiger partial charge in [0.05, 0.1) is 0 Å². The normalized spacial score (nSPS) is 14.0. The third kappa shape index (κ3) is 28.7. The first kappa shape index (κ1) is 33.6. The second kappa shape index (κ2) is 23.0. The fourth-order valence-corrected chi connectivity index (χ4v) is 5.73. The molecule has 0 bridgehead atoms. The van der Waals surface area contributed by atoms with Crippen LogP contribution in [0.4, 0.5) is 0 Å². The molecule has 33 heavy (non-hydrogen) atoms. The molecule has 6 nitrogen and oxygen atoms in total. The third-order valence-electron chi connectivity index (χ3n) is 5.50. The standard InChI is InChI=1S/C25H55AsO6P/c1-5-6-7-8-9-10-11-12-13-14-15-16-17-18-20-29-22-23-30-24-25-32-33(27,28)31-21-19-26(2,3)4/h5-25H2,1-4H3,(H,27,28)/p-1. The number of rotatable bonds is 26. The molecule has 0 aromatic rings. The van der Waals surface area contributed by atoms with Crippen LogP contribution in [0.1, 0.15) is 96.8 Å². The van der Waals surface area contributed by atoms with Gasteiger partial charge in [0, 0.05) is 0 Å². The zero-order chi connectivity index (χ0) is 24.7. The molecular weight excluding hydrogens is 502 g/mol. The van der Waals surface area contributed by atoms with E-state index in [-0.39, 0.29) is 19.8 Å². The van der Waals surface area contributed by atoms with E-state index in [2.05, 4.69) is 24.1 Å². The summed E-state index contributed by atoms with van der Waals surface area (Å²) in [6, 6.07) is 0. The van der Waals surface area contributed by atoms with Crippen molar-refractivity contribution in [1.82, 2.24) is 0 Å². The van der Waals surface area contributed by atoms with Crippen molar-refractivity contribution in [2.45, 2.75) is 119 Å². The molecule has 0 rings (SSSR count). The summed E-state index contributed by atoms with van der Waals surface area (Å²) in [5.74, 6) is 0. The van der Waals surface area contributed by atoms with Crippen molar-refractivity contribution in [3.8, 4) is 0 Å². The Morgan fingerprint density at radius 1 is 0.576 bits per heavy atom. The van der Waals surface area contributed by atoms with Crippen molar-refractivity contribution in [1.29, 1.82) is 0 Å². The summed E-state index contributed by atoms with van der Waals surface area (Å²) in [6.45, 7) is 4.42. The molecule has 0 aromatic carbocycles. The van der Waals surface area contributed by atoms with Crippen molar-refractivity contribution in [2.24, 2.45) is 0 Å². The van der Waals surface area contributed by atoms with E-state index in [4.69, 9.17) is 18.5 Å². The van der Waals surface area contributed by atoms with Crippen LogP contribution >= 0.6 is 7.82 Å². The van der Waals surface area contributed by atoms with E-state index in [1.165, 1.54) is 83.5 Å². The van der Waals surface area contributed by atoms with Crippen LogP contribution in [-0.2, 0) is 23.1 Å². The Kier molecular flexibility index (Phi) is 23.4. The van der Waals surface area contributed by atoms with E-state index in [9.17, 15) is 9.46 Å². The van der Waals surface area contributed by atoms with Gasteiger partial charge in [-0.1, -0.05) is 90.4 Å². The van der Waals surface area contributed by atoms with Gasteiger partial charge in [-0.2, -0.15) is 0 Å². The Morgan fingerprint density at radius 2 is 0.970 bits per heavy atom. The zero-order valence-corrected chi connectivity index (χ0v) is 25.0. The molecule has 1 radical (unpaired) electrons. The summed E-state index contributed by atoms with van der Waals surface area (Å²) in [4.78, 5) is 11.6. The van der Waals surface area contributed by atoms with E-state index in [1.807, 2.05) is 0 Å². The van der Waals surface area contributed by atoms with E-state index >= 15 is 0 Å². The van der Waals surface area contributed by atoms with Crippen LogP contribution in [0, 0.1) is 0 Å². The number of unbranched alkanes of at least 4 members (excludes halogenated alkanes) is 13. The Labute approximate surface area is 207 Å². The number of ether oxygens (including phenoxy) is 2. The topological polar surface area (TPSA) is 77.1 Å². The summed E-state index contributed by atoms with van der Waals surface area (Å²) in [5, 5.41) is 0.820.